The van der Waals surface area contributed by atoms with Gasteiger partial charge in [-0.2, -0.15) is 5.10 Å². The number of ether oxygens (including phenoxy) is 1. The molecule has 6 nitrogen and oxygen atoms in total. The van der Waals surface area contributed by atoms with Crippen molar-refractivity contribution in [1.29, 1.82) is 0 Å². The zero-order valence-electron chi connectivity index (χ0n) is 17.5. The van der Waals surface area contributed by atoms with Crippen molar-refractivity contribution in [2.75, 3.05) is 6.61 Å². The van der Waals surface area contributed by atoms with Crippen molar-refractivity contribution in [2.45, 2.75) is 58.7 Å². The van der Waals surface area contributed by atoms with Crippen molar-refractivity contribution in [2.24, 2.45) is 0 Å². The number of nitrogens with one attached hydrogen (secondary N) is 1. The van der Waals surface area contributed by atoms with Crippen LogP contribution in [0.25, 0.3) is 22.3 Å². The lowest BCUT2D eigenvalue weighted by Gasteiger charge is -2.20. The van der Waals surface area contributed by atoms with E-state index in [0.29, 0.717) is 5.56 Å². The smallest absolute Gasteiger partial charge is 0.252 e. The van der Waals surface area contributed by atoms with Gasteiger partial charge in [0, 0.05) is 18.2 Å². The van der Waals surface area contributed by atoms with Gasteiger partial charge in [0.1, 0.15) is 0 Å². The Labute approximate surface area is 171 Å². The highest BCUT2D eigenvalue weighted by Gasteiger charge is 2.25. The molecule has 3 aromatic rings. The first kappa shape index (κ1) is 19.6. The Hall–Kier alpha value is -2.73. The summed E-state index contributed by atoms with van der Waals surface area (Å²) in [6.07, 6.45) is 3.84. The molecular formula is C23H28N4O2. The monoisotopic (exact) mass is 392 g/mol. The van der Waals surface area contributed by atoms with Gasteiger partial charge >= 0.3 is 0 Å². The molecule has 4 rings (SSSR count). The summed E-state index contributed by atoms with van der Waals surface area (Å²) in [4.78, 5) is 18.1. The number of nitrogens with zero attached hydrogens (tertiary/aromatic N) is 3. The number of benzene rings is 1. The zero-order valence-corrected chi connectivity index (χ0v) is 17.5. The zero-order chi connectivity index (χ0) is 20.5. The highest BCUT2D eigenvalue weighted by Crippen LogP contribution is 2.27. The molecule has 2 unspecified atom stereocenters. The molecule has 1 aliphatic rings. The van der Waals surface area contributed by atoms with Crippen LogP contribution in [0.15, 0.2) is 36.5 Å². The summed E-state index contributed by atoms with van der Waals surface area (Å²) in [6.45, 7) is 8.95. The van der Waals surface area contributed by atoms with E-state index >= 15 is 0 Å². The summed E-state index contributed by atoms with van der Waals surface area (Å²) >= 11 is 0. The first-order valence-electron chi connectivity index (χ1n) is 10.3. The van der Waals surface area contributed by atoms with Crippen LogP contribution in [0.2, 0.25) is 0 Å². The third kappa shape index (κ3) is 3.90. The lowest BCUT2D eigenvalue weighted by atomic mass is 10.0. The molecule has 1 N–H and O–H groups in total. The number of amides is 1. The number of carbonyl (C=O) groups excluding carboxylic acids is 1. The average Bonchev–Trinajstić information content (AvgIpc) is 3.37. The van der Waals surface area contributed by atoms with Crippen molar-refractivity contribution >= 4 is 16.9 Å². The van der Waals surface area contributed by atoms with Crippen LogP contribution in [-0.4, -0.2) is 39.4 Å². The van der Waals surface area contributed by atoms with Crippen molar-refractivity contribution in [3.8, 4) is 11.3 Å². The third-order valence-corrected chi connectivity index (χ3v) is 5.53. The van der Waals surface area contributed by atoms with Gasteiger partial charge in [-0.15, -0.1) is 0 Å². The molecule has 0 bridgehead atoms. The Morgan fingerprint density at radius 3 is 2.66 bits per heavy atom. The van der Waals surface area contributed by atoms with Crippen molar-refractivity contribution < 1.29 is 9.53 Å². The Morgan fingerprint density at radius 1 is 1.24 bits per heavy atom. The van der Waals surface area contributed by atoms with Gasteiger partial charge in [0.05, 0.1) is 35.0 Å². The minimum Gasteiger partial charge on any atom is -0.376 e. The molecule has 1 aromatic carbocycles. The summed E-state index contributed by atoms with van der Waals surface area (Å²) in [6, 6.07) is 10.2. The van der Waals surface area contributed by atoms with Gasteiger partial charge in [-0.05, 0) is 46.6 Å². The molecule has 1 aliphatic heterocycles. The second-order valence-electron chi connectivity index (χ2n) is 8.15. The molecule has 1 amide bonds. The maximum atomic E-state index is 13.2. The molecule has 0 radical (unpaired) electrons. The molecule has 152 valence electrons. The highest BCUT2D eigenvalue weighted by atomic mass is 16.5. The van der Waals surface area contributed by atoms with Crippen LogP contribution < -0.4 is 5.32 Å². The van der Waals surface area contributed by atoms with Gasteiger partial charge in [0.15, 0.2) is 5.65 Å². The normalized spacial score (nSPS) is 17.8. The molecule has 29 heavy (non-hydrogen) atoms. The number of hydrogen-bond acceptors (Lipinski definition) is 4. The van der Waals surface area contributed by atoms with Crippen LogP contribution in [0.3, 0.4) is 0 Å². The summed E-state index contributed by atoms with van der Waals surface area (Å²) in [5, 5.41) is 8.39. The van der Waals surface area contributed by atoms with E-state index in [2.05, 4.69) is 43.3 Å². The van der Waals surface area contributed by atoms with Crippen LogP contribution >= 0.6 is 0 Å². The number of pyridine rings is 1. The second kappa shape index (κ2) is 7.95. The SMILES string of the molecule is Cc1ccc(-c2cc(C(=O)NC(C)C3CCCO3)c3cnn(C(C)C)c3n2)cc1. The van der Waals surface area contributed by atoms with Gasteiger partial charge in [-0.1, -0.05) is 29.8 Å². The Balaban J connectivity index is 1.76. The lowest BCUT2D eigenvalue weighted by molar-refractivity contribution is 0.0713. The van der Waals surface area contributed by atoms with E-state index < -0.39 is 0 Å². The number of carbonyl (C=O) groups is 1. The van der Waals surface area contributed by atoms with E-state index in [0.717, 1.165) is 41.7 Å². The molecule has 1 fully saturated rings. The maximum Gasteiger partial charge on any atom is 0.252 e. The Kier molecular flexibility index (Phi) is 5.37. The van der Waals surface area contributed by atoms with E-state index in [-0.39, 0.29) is 24.1 Å². The lowest BCUT2D eigenvalue weighted by Crippen LogP contribution is -2.40. The topological polar surface area (TPSA) is 69.0 Å². The van der Waals surface area contributed by atoms with Gasteiger partial charge in [0.2, 0.25) is 0 Å². The van der Waals surface area contributed by atoms with Gasteiger partial charge in [-0.3, -0.25) is 4.79 Å². The summed E-state index contributed by atoms with van der Waals surface area (Å²) in [5.41, 5.74) is 4.27. The molecule has 0 saturated carbocycles. The molecule has 0 aliphatic carbocycles. The fraction of sp³-hybridized carbons (Fsp3) is 0.435. The van der Waals surface area contributed by atoms with Crippen molar-refractivity contribution in [3.05, 3.63) is 47.7 Å². The Bertz CT molecular complexity index is 1020. The molecule has 2 atom stereocenters. The van der Waals surface area contributed by atoms with E-state index in [1.807, 2.05) is 29.8 Å². The van der Waals surface area contributed by atoms with Gasteiger partial charge < -0.3 is 10.1 Å². The van der Waals surface area contributed by atoms with Gasteiger partial charge in [-0.25, -0.2) is 9.67 Å². The minimum atomic E-state index is -0.114. The fourth-order valence-electron chi connectivity index (χ4n) is 3.83. The van der Waals surface area contributed by atoms with E-state index in [4.69, 9.17) is 9.72 Å². The van der Waals surface area contributed by atoms with E-state index in [9.17, 15) is 4.79 Å². The number of aromatic nitrogens is 3. The first-order valence-corrected chi connectivity index (χ1v) is 10.3. The van der Waals surface area contributed by atoms with Crippen LogP contribution in [0, 0.1) is 6.92 Å². The fourth-order valence-corrected chi connectivity index (χ4v) is 3.83. The number of rotatable bonds is 5. The first-order chi connectivity index (χ1) is 13.9. The highest BCUT2D eigenvalue weighted by molar-refractivity contribution is 6.06. The number of fused-ring (bicyclic) bond motifs is 1. The molecule has 6 heteroatoms. The molecule has 2 aromatic heterocycles. The van der Waals surface area contributed by atoms with E-state index in [1.54, 1.807) is 6.20 Å². The summed E-state index contributed by atoms with van der Waals surface area (Å²) in [7, 11) is 0. The maximum absolute atomic E-state index is 13.2. The summed E-state index contributed by atoms with van der Waals surface area (Å²) in [5.74, 6) is -0.114. The molecular weight excluding hydrogens is 364 g/mol. The standard InChI is InChI=1S/C23H28N4O2/c1-14(2)27-22-19(13-24-27)18(23(28)25-16(4)21-6-5-11-29-21)12-20(26-22)17-9-7-15(3)8-10-17/h7-10,12-14,16,21H,5-6,11H2,1-4H3,(H,25,28). The average molecular weight is 393 g/mol. The van der Waals surface area contributed by atoms with Crippen molar-refractivity contribution in [3.63, 3.8) is 0 Å². The molecule has 1 saturated heterocycles. The quantitative estimate of drug-likeness (QED) is 0.703. The number of aryl methyl sites for hydroxylation is 1. The molecule has 0 spiro atoms. The number of hydrogen-bond donors (Lipinski definition) is 1. The van der Waals surface area contributed by atoms with E-state index in [1.165, 1.54) is 5.56 Å². The largest absolute Gasteiger partial charge is 0.376 e. The Morgan fingerprint density at radius 2 is 2.00 bits per heavy atom. The van der Waals surface area contributed by atoms with Crippen molar-refractivity contribution in [1.82, 2.24) is 20.1 Å². The van der Waals surface area contributed by atoms with Crippen LogP contribution in [0.5, 0.6) is 0 Å². The van der Waals surface area contributed by atoms with Crippen LogP contribution in [0.1, 0.15) is 55.6 Å². The third-order valence-electron chi connectivity index (χ3n) is 5.53. The minimum absolute atomic E-state index is 0.0452. The second-order valence-corrected chi connectivity index (χ2v) is 8.15. The summed E-state index contributed by atoms with van der Waals surface area (Å²) < 4.78 is 7.60. The predicted octanol–water partition coefficient (Wildman–Crippen LogP) is 4.28. The van der Waals surface area contributed by atoms with Crippen LogP contribution in [-0.2, 0) is 4.74 Å². The van der Waals surface area contributed by atoms with Crippen LogP contribution in [0.4, 0.5) is 0 Å². The molecule has 3 heterocycles. The van der Waals surface area contributed by atoms with Gasteiger partial charge in [0.25, 0.3) is 5.91 Å². The predicted molar refractivity (Wildman–Crippen MR) is 114 cm³/mol.